The molecule has 2 aromatic rings. The molecule has 2 aromatic heterocycles. The van der Waals surface area contributed by atoms with Crippen LogP contribution in [0.4, 0.5) is 0 Å². The van der Waals surface area contributed by atoms with Gasteiger partial charge in [-0.1, -0.05) is 13.8 Å². The van der Waals surface area contributed by atoms with Crippen LogP contribution in [-0.2, 0) is 25.9 Å². The van der Waals surface area contributed by atoms with Crippen LogP contribution in [0.2, 0.25) is 0 Å². The van der Waals surface area contributed by atoms with Crippen LogP contribution < -0.4 is 5.32 Å². The number of hydrogen-bond donors (Lipinski definition) is 1. The Labute approximate surface area is 126 Å². The molecule has 0 bridgehead atoms. The highest BCUT2D eigenvalue weighted by atomic mass is 16.3. The summed E-state index contributed by atoms with van der Waals surface area (Å²) in [5, 5.41) is 3.45. The van der Waals surface area contributed by atoms with Crippen LogP contribution >= 0.6 is 0 Å². The number of hydrogen-bond acceptors (Lipinski definition) is 3. The average molecular weight is 287 g/mol. The first-order chi connectivity index (χ1) is 10.2. The summed E-state index contributed by atoms with van der Waals surface area (Å²) in [6.07, 6.45) is 8.65. The maximum atomic E-state index is 5.64. The van der Waals surface area contributed by atoms with Gasteiger partial charge in [0.1, 0.15) is 5.76 Å². The van der Waals surface area contributed by atoms with Crippen LogP contribution in [0, 0.1) is 5.92 Å². The lowest BCUT2D eigenvalue weighted by Crippen LogP contribution is -2.19. The van der Waals surface area contributed by atoms with E-state index in [-0.39, 0.29) is 0 Å². The van der Waals surface area contributed by atoms with E-state index in [4.69, 9.17) is 4.42 Å². The van der Waals surface area contributed by atoms with E-state index in [9.17, 15) is 0 Å². The van der Waals surface area contributed by atoms with E-state index in [1.165, 1.54) is 29.8 Å². The van der Waals surface area contributed by atoms with Gasteiger partial charge in [-0.2, -0.15) is 0 Å². The Hall–Kier alpha value is -1.55. The van der Waals surface area contributed by atoms with E-state index in [0.717, 1.165) is 38.2 Å². The lowest BCUT2D eigenvalue weighted by molar-refractivity contribution is 0.458. The monoisotopic (exact) mass is 287 g/mol. The molecule has 0 amide bonds. The van der Waals surface area contributed by atoms with Gasteiger partial charge >= 0.3 is 0 Å². The molecule has 1 aliphatic rings. The minimum Gasteiger partial charge on any atom is -0.468 e. The van der Waals surface area contributed by atoms with E-state index in [1.54, 1.807) is 6.26 Å². The largest absolute Gasteiger partial charge is 0.468 e. The molecule has 4 heteroatoms. The van der Waals surface area contributed by atoms with Crippen LogP contribution in [0.25, 0.3) is 0 Å². The van der Waals surface area contributed by atoms with Crippen LogP contribution in [0.15, 0.2) is 23.1 Å². The first-order valence-electron chi connectivity index (χ1n) is 8.03. The number of furan rings is 1. The number of aryl methyl sites for hydroxylation is 1. The fraction of sp³-hybridized carbons (Fsp3) is 0.588. The van der Waals surface area contributed by atoms with E-state index in [0.29, 0.717) is 5.92 Å². The van der Waals surface area contributed by atoms with Gasteiger partial charge in [0.25, 0.3) is 0 Å². The molecule has 1 N–H and O–H groups in total. The molecule has 0 aromatic carbocycles. The highest BCUT2D eigenvalue weighted by molar-refractivity contribution is 5.22. The van der Waals surface area contributed by atoms with Gasteiger partial charge in [-0.05, 0) is 44.2 Å². The minimum atomic E-state index is 0.657. The molecular formula is C17H25N3O. The zero-order valence-electron chi connectivity index (χ0n) is 13.1. The smallest absolute Gasteiger partial charge is 0.122 e. The predicted octanol–water partition coefficient (Wildman–Crippen LogP) is 3.15. The van der Waals surface area contributed by atoms with Crippen LogP contribution in [0.5, 0.6) is 0 Å². The van der Waals surface area contributed by atoms with Crippen LogP contribution in [0.3, 0.4) is 0 Å². The molecule has 0 radical (unpaired) electrons. The highest BCUT2D eigenvalue weighted by Gasteiger charge is 2.16. The number of imidazole rings is 1. The van der Waals surface area contributed by atoms with Gasteiger partial charge in [-0.15, -0.1) is 0 Å². The zero-order chi connectivity index (χ0) is 14.7. The van der Waals surface area contributed by atoms with Crippen molar-refractivity contribution in [3.05, 3.63) is 41.4 Å². The van der Waals surface area contributed by atoms with Gasteiger partial charge in [0.05, 0.1) is 31.4 Å². The van der Waals surface area contributed by atoms with Crippen molar-refractivity contribution in [3.63, 3.8) is 0 Å². The summed E-state index contributed by atoms with van der Waals surface area (Å²) in [5.74, 6) is 1.71. The van der Waals surface area contributed by atoms with Gasteiger partial charge in [-0.3, -0.25) is 0 Å². The van der Waals surface area contributed by atoms with Crippen molar-refractivity contribution < 1.29 is 4.42 Å². The Morgan fingerprint density at radius 2 is 2.19 bits per heavy atom. The highest BCUT2D eigenvalue weighted by Crippen LogP contribution is 2.22. The first kappa shape index (κ1) is 14.4. The predicted molar refractivity (Wildman–Crippen MR) is 83.2 cm³/mol. The molecule has 4 nitrogen and oxygen atoms in total. The molecule has 2 heterocycles. The number of fused-ring (bicyclic) bond motifs is 1. The van der Waals surface area contributed by atoms with Crippen molar-refractivity contribution in [2.75, 3.05) is 6.54 Å². The molecule has 1 aliphatic carbocycles. The summed E-state index contributed by atoms with van der Waals surface area (Å²) in [4.78, 5) is 4.57. The Kier molecular flexibility index (Phi) is 4.44. The summed E-state index contributed by atoms with van der Waals surface area (Å²) in [5.41, 5.74) is 3.98. The molecule has 0 atom stereocenters. The van der Waals surface area contributed by atoms with E-state index >= 15 is 0 Å². The topological polar surface area (TPSA) is 43.0 Å². The molecule has 0 fully saturated rings. The number of aromatic nitrogens is 2. The second-order valence-corrected chi connectivity index (χ2v) is 6.37. The van der Waals surface area contributed by atoms with Crippen molar-refractivity contribution in [2.24, 2.45) is 5.92 Å². The maximum Gasteiger partial charge on any atom is 0.122 e. The van der Waals surface area contributed by atoms with Gasteiger partial charge in [-0.25, -0.2) is 4.98 Å². The Morgan fingerprint density at radius 1 is 1.33 bits per heavy atom. The lowest BCUT2D eigenvalue weighted by Gasteiger charge is -2.14. The third-order valence-electron chi connectivity index (χ3n) is 4.13. The molecule has 0 spiro atoms. The number of nitrogens with zero attached hydrogens (tertiary/aromatic N) is 2. The molecule has 0 saturated carbocycles. The van der Waals surface area contributed by atoms with E-state index in [1.807, 2.05) is 6.33 Å². The normalized spacial score (nSPS) is 14.6. The Balaban J connectivity index is 1.68. The second kappa shape index (κ2) is 6.48. The fourth-order valence-corrected chi connectivity index (χ4v) is 2.99. The van der Waals surface area contributed by atoms with Gasteiger partial charge < -0.3 is 14.3 Å². The summed E-state index contributed by atoms with van der Waals surface area (Å²) >= 11 is 0. The van der Waals surface area contributed by atoms with Crippen molar-refractivity contribution >= 4 is 0 Å². The van der Waals surface area contributed by atoms with Gasteiger partial charge in [0.2, 0.25) is 0 Å². The summed E-state index contributed by atoms with van der Waals surface area (Å²) in [7, 11) is 0. The Morgan fingerprint density at radius 3 is 3.05 bits per heavy atom. The number of nitrogens with one attached hydrogen (secondary N) is 1. The quantitative estimate of drug-likeness (QED) is 0.887. The second-order valence-electron chi connectivity index (χ2n) is 6.37. The standard InChI is InChI=1S/C17H25N3O/c1-13(2)9-18-10-17-14(7-8-21-17)11-20-12-19-15-5-3-4-6-16(15)20/h7-8,12-13,18H,3-6,9-11H2,1-2H3. The van der Waals surface area contributed by atoms with Crippen molar-refractivity contribution in [1.29, 1.82) is 0 Å². The fourth-order valence-electron chi connectivity index (χ4n) is 2.99. The Bertz CT molecular complexity index is 583. The summed E-state index contributed by atoms with van der Waals surface area (Å²) in [6.45, 7) is 7.12. The SMILES string of the molecule is CC(C)CNCc1occc1Cn1cnc2c1CCCC2. The first-order valence-corrected chi connectivity index (χ1v) is 8.03. The third kappa shape index (κ3) is 3.38. The zero-order valence-corrected chi connectivity index (χ0v) is 13.1. The van der Waals surface area contributed by atoms with Gasteiger partial charge in [0, 0.05) is 11.3 Å². The molecule has 0 aliphatic heterocycles. The van der Waals surface area contributed by atoms with Crippen LogP contribution in [0.1, 0.15) is 49.4 Å². The molecule has 114 valence electrons. The van der Waals surface area contributed by atoms with Crippen molar-refractivity contribution in [2.45, 2.75) is 52.6 Å². The third-order valence-corrected chi connectivity index (χ3v) is 4.13. The lowest BCUT2D eigenvalue weighted by atomic mass is 10.0. The van der Waals surface area contributed by atoms with Crippen LogP contribution in [-0.4, -0.2) is 16.1 Å². The average Bonchev–Trinajstić information content (AvgIpc) is 3.07. The minimum absolute atomic E-state index is 0.657. The molecule has 3 rings (SSSR count). The molecule has 0 unspecified atom stereocenters. The van der Waals surface area contributed by atoms with Crippen molar-refractivity contribution in [1.82, 2.24) is 14.9 Å². The maximum absolute atomic E-state index is 5.64. The summed E-state index contributed by atoms with van der Waals surface area (Å²) < 4.78 is 7.94. The molecular weight excluding hydrogens is 262 g/mol. The number of rotatable bonds is 6. The van der Waals surface area contributed by atoms with E-state index < -0.39 is 0 Å². The molecule has 0 saturated heterocycles. The van der Waals surface area contributed by atoms with Gasteiger partial charge in [0.15, 0.2) is 0 Å². The summed E-state index contributed by atoms with van der Waals surface area (Å²) in [6, 6.07) is 2.08. The molecule has 21 heavy (non-hydrogen) atoms. The van der Waals surface area contributed by atoms with Crippen molar-refractivity contribution in [3.8, 4) is 0 Å². The van der Waals surface area contributed by atoms with E-state index in [2.05, 4.69) is 34.8 Å².